The molecule has 0 aliphatic carbocycles. The summed E-state index contributed by atoms with van der Waals surface area (Å²) >= 11 is 0. The van der Waals surface area contributed by atoms with Crippen molar-refractivity contribution in [2.24, 2.45) is 0 Å². The van der Waals surface area contributed by atoms with Crippen LogP contribution in [0.2, 0.25) is 0 Å². The molecule has 0 bridgehead atoms. The van der Waals surface area contributed by atoms with Crippen LogP contribution in [-0.4, -0.2) is 37.7 Å². The fourth-order valence-electron chi connectivity index (χ4n) is 3.98. The maximum atomic E-state index is 12.1. The van der Waals surface area contributed by atoms with Crippen LogP contribution in [0.4, 0.5) is 5.82 Å². The molecule has 0 radical (unpaired) electrons. The molecule has 2 aromatic carbocycles. The molecule has 2 aliphatic heterocycles. The molecule has 6 nitrogen and oxygen atoms in total. The van der Waals surface area contributed by atoms with E-state index in [0.29, 0.717) is 19.8 Å². The number of benzene rings is 2. The van der Waals surface area contributed by atoms with Gasteiger partial charge in [-0.3, -0.25) is 4.79 Å². The number of hydrogen-bond donors (Lipinski definition) is 2. The maximum Gasteiger partial charge on any atom is 0.251 e. The number of carbonyl (C=O) groups is 1. The van der Waals surface area contributed by atoms with Crippen LogP contribution >= 0.6 is 0 Å². The second-order valence-corrected chi connectivity index (χ2v) is 7.46. The van der Waals surface area contributed by atoms with Crippen molar-refractivity contribution in [2.45, 2.75) is 12.8 Å². The van der Waals surface area contributed by atoms with Crippen molar-refractivity contribution in [3.8, 4) is 33.8 Å². The minimum absolute atomic E-state index is 0.00397. The lowest BCUT2D eigenvalue weighted by Gasteiger charge is -2.18. The summed E-state index contributed by atoms with van der Waals surface area (Å²) in [6.07, 6.45) is 3.57. The number of amides is 1. The Hall–Kier alpha value is -3.54. The molecule has 3 aromatic rings. The summed E-state index contributed by atoms with van der Waals surface area (Å²) in [6.45, 7) is 2.00. The number of nitrogens with one attached hydrogen (secondary N) is 2. The molecular formula is C24H23N3O3. The van der Waals surface area contributed by atoms with E-state index in [1.165, 1.54) is 0 Å². The highest BCUT2D eigenvalue weighted by Crippen LogP contribution is 2.37. The van der Waals surface area contributed by atoms with Gasteiger partial charge in [0, 0.05) is 42.9 Å². The molecule has 0 atom stereocenters. The molecular weight excluding hydrogens is 378 g/mol. The van der Waals surface area contributed by atoms with E-state index in [2.05, 4.69) is 27.8 Å². The summed E-state index contributed by atoms with van der Waals surface area (Å²) in [4.78, 5) is 16.7. The van der Waals surface area contributed by atoms with E-state index in [0.717, 1.165) is 63.5 Å². The number of carbonyl (C=O) groups excluding carboxylic acids is 1. The topological polar surface area (TPSA) is 72.5 Å². The van der Waals surface area contributed by atoms with Crippen molar-refractivity contribution in [1.29, 1.82) is 0 Å². The van der Waals surface area contributed by atoms with Crippen molar-refractivity contribution in [3.05, 3.63) is 59.8 Å². The fraction of sp³-hybridized carbons (Fsp3) is 0.250. The van der Waals surface area contributed by atoms with E-state index >= 15 is 0 Å². The summed E-state index contributed by atoms with van der Waals surface area (Å²) in [6, 6.07) is 14.1. The summed E-state index contributed by atoms with van der Waals surface area (Å²) < 4.78 is 11.6. The Labute approximate surface area is 175 Å². The first-order valence-corrected chi connectivity index (χ1v) is 10.2. The van der Waals surface area contributed by atoms with Gasteiger partial charge in [0.1, 0.15) is 5.82 Å². The van der Waals surface area contributed by atoms with Gasteiger partial charge < -0.3 is 20.1 Å². The largest absolute Gasteiger partial charge is 0.490 e. The third-order valence-electron chi connectivity index (χ3n) is 5.55. The molecule has 6 heteroatoms. The van der Waals surface area contributed by atoms with E-state index in [1.54, 1.807) is 0 Å². The van der Waals surface area contributed by atoms with Gasteiger partial charge in [-0.25, -0.2) is 4.98 Å². The van der Waals surface area contributed by atoms with Crippen molar-refractivity contribution in [2.75, 3.05) is 32.1 Å². The number of ether oxygens (including phenoxy) is 2. The van der Waals surface area contributed by atoms with Gasteiger partial charge in [0.15, 0.2) is 11.5 Å². The Morgan fingerprint density at radius 1 is 0.933 bits per heavy atom. The van der Waals surface area contributed by atoms with Crippen LogP contribution in [0, 0.1) is 0 Å². The monoisotopic (exact) mass is 401 g/mol. The average molecular weight is 401 g/mol. The van der Waals surface area contributed by atoms with Gasteiger partial charge in [-0.1, -0.05) is 18.2 Å². The lowest BCUT2D eigenvalue weighted by atomic mass is 9.94. The number of nitrogens with zero attached hydrogens (tertiary/aromatic N) is 1. The van der Waals surface area contributed by atoms with Crippen molar-refractivity contribution in [3.63, 3.8) is 0 Å². The minimum Gasteiger partial charge on any atom is -0.490 e. The first-order valence-electron chi connectivity index (χ1n) is 10.2. The number of fused-ring (bicyclic) bond motifs is 2. The lowest BCUT2D eigenvalue weighted by molar-refractivity contribution is 0.0946. The summed E-state index contributed by atoms with van der Waals surface area (Å²) in [7, 11) is 1.87. The predicted molar refractivity (Wildman–Crippen MR) is 116 cm³/mol. The maximum absolute atomic E-state index is 12.1. The number of hydrogen-bond acceptors (Lipinski definition) is 5. The van der Waals surface area contributed by atoms with Gasteiger partial charge in [0.2, 0.25) is 0 Å². The Bertz CT molecular complexity index is 1130. The lowest BCUT2D eigenvalue weighted by Crippen LogP contribution is -2.31. The fourth-order valence-corrected chi connectivity index (χ4v) is 3.98. The van der Waals surface area contributed by atoms with Gasteiger partial charge in [-0.15, -0.1) is 0 Å². The Balaban J connectivity index is 1.57. The van der Waals surface area contributed by atoms with Crippen molar-refractivity contribution < 1.29 is 14.3 Å². The molecule has 0 fully saturated rings. The van der Waals surface area contributed by atoms with E-state index in [4.69, 9.17) is 9.47 Å². The van der Waals surface area contributed by atoms with Gasteiger partial charge in [-0.05, 0) is 47.4 Å². The molecule has 0 saturated carbocycles. The third kappa shape index (κ3) is 3.34. The quantitative estimate of drug-likeness (QED) is 0.696. The van der Waals surface area contributed by atoms with Crippen LogP contribution in [0.1, 0.15) is 22.3 Å². The highest BCUT2D eigenvalue weighted by Gasteiger charge is 2.18. The molecule has 2 aliphatic rings. The first-order chi connectivity index (χ1) is 14.7. The molecule has 0 unspecified atom stereocenters. The second-order valence-electron chi connectivity index (χ2n) is 7.46. The smallest absolute Gasteiger partial charge is 0.251 e. The summed E-state index contributed by atoms with van der Waals surface area (Å²) in [5.74, 6) is 2.34. The molecule has 30 heavy (non-hydrogen) atoms. The normalized spacial score (nSPS) is 15.0. The van der Waals surface area contributed by atoms with Crippen molar-refractivity contribution >= 4 is 11.7 Å². The van der Waals surface area contributed by atoms with E-state index in [-0.39, 0.29) is 5.91 Å². The SMILES string of the molecule is CNc1ncc(-c2ccc3c(c2)OCCCO3)cc1-c1ccc2c(c1)CCNC2=O. The number of pyridine rings is 1. The Morgan fingerprint density at radius 3 is 2.63 bits per heavy atom. The van der Waals surface area contributed by atoms with Crippen LogP contribution in [0.15, 0.2) is 48.7 Å². The van der Waals surface area contributed by atoms with Gasteiger partial charge in [0.05, 0.1) is 13.2 Å². The van der Waals surface area contributed by atoms with E-state index < -0.39 is 0 Å². The van der Waals surface area contributed by atoms with E-state index in [1.807, 2.05) is 43.6 Å². The number of aromatic nitrogens is 1. The molecule has 0 saturated heterocycles. The zero-order valence-corrected chi connectivity index (χ0v) is 16.8. The third-order valence-corrected chi connectivity index (χ3v) is 5.55. The predicted octanol–water partition coefficient (Wildman–Crippen LogP) is 3.90. The summed E-state index contributed by atoms with van der Waals surface area (Å²) in [5, 5.41) is 6.08. The number of anilines is 1. The van der Waals surface area contributed by atoms with Crippen molar-refractivity contribution in [1.82, 2.24) is 10.3 Å². The van der Waals surface area contributed by atoms with Gasteiger partial charge >= 0.3 is 0 Å². The number of rotatable bonds is 3. The zero-order chi connectivity index (χ0) is 20.5. The molecule has 3 heterocycles. The van der Waals surface area contributed by atoms with E-state index in [9.17, 15) is 4.79 Å². The highest BCUT2D eigenvalue weighted by atomic mass is 16.5. The first kappa shape index (κ1) is 18.5. The molecule has 2 N–H and O–H groups in total. The standard InChI is InChI=1S/C24H23N3O3/c1-25-23-20(16-3-5-19-17(11-16)7-8-26-24(19)28)12-18(14-27-23)15-4-6-21-22(13-15)30-10-2-9-29-21/h3-6,11-14H,2,7-10H2,1H3,(H,25,27)(H,26,28). The molecule has 1 aromatic heterocycles. The zero-order valence-electron chi connectivity index (χ0n) is 16.8. The molecule has 0 spiro atoms. The molecule has 1 amide bonds. The second kappa shape index (κ2) is 7.71. The van der Waals surface area contributed by atoms with Gasteiger partial charge in [0.25, 0.3) is 5.91 Å². The van der Waals surface area contributed by atoms with Crippen LogP contribution in [0.3, 0.4) is 0 Å². The van der Waals surface area contributed by atoms with Gasteiger partial charge in [-0.2, -0.15) is 0 Å². The minimum atomic E-state index is -0.00397. The highest BCUT2D eigenvalue weighted by molar-refractivity contribution is 5.97. The average Bonchev–Trinajstić information content (AvgIpc) is 3.03. The van der Waals surface area contributed by atoms with Crippen LogP contribution in [0.5, 0.6) is 11.5 Å². The molecule has 5 rings (SSSR count). The van der Waals surface area contributed by atoms with Crippen LogP contribution in [0.25, 0.3) is 22.3 Å². The Morgan fingerprint density at radius 2 is 1.77 bits per heavy atom. The van der Waals surface area contributed by atoms with Crippen LogP contribution < -0.4 is 20.1 Å². The summed E-state index contributed by atoms with van der Waals surface area (Å²) in [5.41, 5.74) is 5.87. The van der Waals surface area contributed by atoms with Crippen LogP contribution in [-0.2, 0) is 6.42 Å². The molecule has 152 valence electrons. The Kier molecular flexibility index (Phi) is 4.75.